The third kappa shape index (κ3) is 5.28. The van der Waals surface area contributed by atoms with Gasteiger partial charge in [0.1, 0.15) is 17.9 Å². The number of amides is 4. The number of carbonyl (C=O) groups is 3. The lowest BCUT2D eigenvalue weighted by atomic mass is 9.94. The zero-order valence-corrected chi connectivity index (χ0v) is 16.2. The van der Waals surface area contributed by atoms with Crippen molar-refractivity contribution in [1.29, 1.82) is 0 Å². The summed E-state index contributed by atoms with van der Waals surface area (Å²) in [6.45, 7) is 5.12. The first-order valence-electron chi connectivity index (χ1n) is 9.47. The fourth-order valence-corrected chi connectivity index (χ4v) is 3.20. The average molecular weight is 377 g/mol. The van der Waals surface area contributed by atoms with Gasteiger partial charge in [-0.3, -0.25) is 14.5 Å². The quantitative estimate of drug-likeness (QED) is 0.508. The van der Waals surface area contributed by atoms with Gasteiger partial charge in [-0.15, -0.1) is 0 Å². The number of anilines is 1. The number of benzene rings is 1. The van der Waals surface area contributed by atoms with Crippen LogP contribution in [0.1, 0.15) is 57.9 Å². The molecule has 0 radical (unpaired) electrons. The van der Waals surface area contributed by atoms with Gasteiger partial charge < -0.3 is 10.6 Å². The van der Waals surface area contributed by atoms with Crippen molar-refractivity contribution in [2.75, 3.05) is 11.9 Å². The summed E-state index contributed by atoms with van der Waals surface area (Å²) in [6, 6.07) is 3.84. The molecule has 1 saturated heterocycles. The van der Waals surface area contributed by atoms with Crippen LogP contribution < -0.4 is 10.6 Å². The molecular formula is C20H28FN3O3. The summed E-state index contributed by atoms with van der Waals surface area (Å²) in [4.78, 5) is 37.9. The van der Waals surface area contributed by atoms with E-state index in [2.05, 4.69) is 17.6 Å². The Labute approximate surface area is 159 Å². The molecule has 1 atom stereocenters. The molecule has 0 saturated carbocycles. The number of hydrogen-bond acceptors (Lipinski definition) is 3. The van der Waals surface area contributed by atoms with Gasteiger partial charge in [-0.05, 0) is 38.0 Å². The standard InChI is InChI=1S/C20H28FN3O3/c1-4-5-6-7-8-11-20(3)18(26)24(19(27)23-20)13-17(25)22-16-10-9-14(2)12-15(16)21/h9-10,12H,4-8,11,13H2,1-3H3,(H,22,25)(H,23,27). The monoisotopic (exact) mass is 377 g/mol. The highest BCUT2D eigenvalue weighted by Crippen LogP contribution is 2.24. The maximum atomic E-state index is 13.9. The number of nitrogens with zero attached hydrogens (tertiary/aromatic N) is 1. The molecule has 7 heteroatoms. The third-order valence-electron chi connectivity index (χ3n) is 4.83. The van der Waals surface area contributed by atoms with Crippen LogP contribution in [0.2, 0.25) is 0 Å². The van der Waals surface area contributed by atoms with Gasteiger partial charge in [-0.2, -0.15) is 0 Å². The average Bonchev–Trinajstić information content (AvgIpc) is 2.81. The molecule has 1 unspecified atom stereocenters. The van der Waals surface area contributed by atoms with Gasteiger partial charge in [0.2, 0.25) is 5.91 Å². The Hall–Kier alpha value is -2.44. The van der Waals surface area contributed by atoms with E-state index in [0.29, 0.717) is 6.42 Å². The first-order valence-corrected chi connectivity index (χ1v) is 9.47. The van der Waals surface area contributed by atoms with Crippen LogP contribution in [0.4, 0.5) is 14.9 Å². The van der Waals surface area contributed by atoms with Crippen molar-refractivity contribution in [2.24, 2.45) is 0 Å². The number of halogens is 1. The minimum atomic E-state index is -0.987. The number of nitrogens with one attached hydrogen (secondary N) is 2. The molecule has 1 aromatic carbocycles. The molecule has 1 aromatic rings. The number of hydrogen-bond donors (Lipinski definition) is 2. The Bertz CT molecular complexity index is 722. The molecule has 0 aromatic heterocycles. The maximum Gasteiger partial charge on any atom is 0.325 e. The number of carbonyl (C=O) groups excluding carboxylic acids is 3. The molecule has 148 valence electrons. The van der Waals surface area contributed by atoms with Crippen LogP contribution in [-0.2, 0) is 9.59 Å². The Morgan fingerprint density at radius 2 is 1.93 bits per heavy atom. The SMILES string of the molecule is CCCCCCCC1(C)NC(=O)N(CC(=O)Nc2ccc(C)cc2F)C1=O. The van der Waals surface area contributed by atoms with Crippen molar-refractivity contribution >= 4 is 23.5 Å². The van der Waals surface area contributed by atoms with Gasteiger partial charge in [0, 0.05) is 0 Å². The Morgan fingerprint density at radius 1 is 1.22 bits per heavy atom. The first kappa shape index (κ1) is 20.9. The molecule has 27 heavy (non-hydrogen) atoms. The molecule has 2 N–H and O–H groups in total. The van der Waals surface area contributed by atoms with E-state index in [1.54, 1.807) is 19.9 Å². The summed E-state index contributed by atoms with van der Waals surface area (Å²) >= 11 is 0. The zero-order valence-electron chi connectivity index (χ0n) is 16.2. The predicted octanol–water partition coefficient (Wildman–Crippen LogP) is 3.74. The highest BCUT2D eigenvalue weighted by atomic mass is 19.1. The predicted molar refractivity (Wildman–Crippen MR) is 102 cm³/mol. The lowest BCUT2D eigenvalue weighted by Crippen LogP contribution is -2.44. The van der Waals surface area contributed by atoms with Crippen LogP contribution in [0.5, 0.6) is 0 Å². The fourth-order valence-electron chi connectivity index (χ4n) is 3.20. The lowest BCUT2D eigenvalue weighted by molar-refractivity contribution is -0.133. The van der Waals surface area contributed by atoms with Crippen molar-refractivity contribution < 1.29 is 18.8 Å². The van der Waals surface area contributed by atoms with E-state index in [1.807, 2.05) is 0 Å². The Morgan fingerprint density at radius 3 is 2.59 bits per heavy atom. The van der Waals surface area contributed by atoms with E-state index >= 15 is 0 Å². The van der Waals surface area contributed by atoms with E-state index in [9.17, 15) is 18.8 Å². The highest BCUT2D eigenvalue weighted by Gasteiger charge is 2.47. The minimum Gasteiger partial charge on any atom is -0.323 e. The van der Waals surface area contributed by atoms with Crippen molar-refractivity contribution in [3.05, 3.63) is 29.6 Å². The second-order valence-electron chi connectivity index (χ2n) is 7.35. The highest BCUT2D eigenvalue weighted by molar-refractivity contribution is 6.09. The van der Waals surface area contributed by atoms with Crippen molar-refractivity contribution in [1.82, 2.24) is 10.2 Å². The molecule has 0 spiro atoms. The number of aryl methyl sites for hydroxylation is 1. The van der Waals surface area contributed by atoms with E-state index in [1.165, 1.54) is 12.1 Å². The van der Waals surface area contributed by atoms with Gasteiger partial charge in [0.15, 0.2) is 0 Å². The van der Waals surface area contributed by atoms with Crippen LogP contribution in [-0.4, -0.2) is 34.8 Å². The van der Waals surface area contributed by atoms with Gasteiger partial charge in [0.25, 0.3) is 5.91 Å². The van der Waals surface area contributed by atoms with Crippen LogP contribution in [0.25, 0.3) is 0 Å². The summed E-state index contributed by atoms with van der Waals surface area (Å²) in [7, 11) is 0. The molecule has 0 aliphatic carbocycles. The number of urea groups is 1. The second-order valence-corrected chi connectivity index (χ2v) is 7.35. The number of imide groups is 1. The lowest BCUT2D eigenvalue weighted by Gasteiger charge is -2.21. The van der Waals surface area contributed by atoms with Crippen molar-refractivity contribution in [2.45, 2.75) is 64.8 Å². The smallest absolute Gasteiger partial charge is 0.323 e. The van der Waals surface area contributed by atoms with Crippen LogP contribution in [0.15, 0.2) is 18.2 Å². The molecule has 1 fully saturated rings. The van der Waals surface area contributed by atoms with Crippen LogP contribution >= 0.6 is 0 Å². The summed E-state index contributed by atoms with van der Waals surface area (Å²) in [5.74, 6) is -1.59. The summed E-state index contributed by atoms with van der Waals surface area (Å²) < 4.78 is 13.9. The molecule has 4 amide bonds. The Balaban J connectivity index is 1.93. The molecule has 1 aliphatic rings. The molecule has 6 nitrogen and oxygen atoms in total. The summed E-state index contributed by atoms with van der Waals surface area (Å²) in [6.07, 6.45) is 5.75. The molecular weight excluding hydrogens is 349 g/mol. The van der Waals surface area contributed by atoms with E-state index in [0.717, 1.165) is 42.6 Å². The molecule has 1 aliphatic heterocycles. The number of unbranched alkanes of at least 4 members (excludes halogenated alkanes) is 4. The summed E-state index contributed by atoms with van der Waals surface area (Å²) in [5, 5.41) is 5.10. The van der Waals surface area contributed by atoms with Gasteiger partial charge >= 0.3 is 6.03 Å². The van der Waals surface area contributed by atoms with E-state index < -0.39 is 35.7 Å². The maximum absolute atomic E-state index is 13.9. The summed E-state index contributed by atoms with van der Waals surface area (Å²) in [5.41, 5.74) is -0.232. The van der Waals surface area contributed by atoms with Gasteiger partial charge in [-0.25, -0.2) is 9.18 Å². The molecule has 0 bridgehead atoms. The normalized spacial score (nSPS) is 19.3. The third-order valence-corrected chi connectivity index (χ3v) is 4.83. The second kappa shape index (κ2) is 8.97. The van der Waals surface area contributed by atoms with Crippen LogP contribution in [0.3, 0.4) is 0 Å². The fraction of sp³-hybridized carbons (Fsp3) is 0.550. The van der Waals surface area contributed by atoms with Gasteiger partial charge in [0.05, 0.1) is 5.69 Å². The topological polar surface area (TPSA) is 78.5 Å². The minimum absolute atomic E-state index is 0.0244. The largest absolute Gasteiger partial charge is 0.325 e. The van der Waals surface area contributed by atoms with E-state index in [-0.39, 0.29) is 5.69 Å². The number of rotatable bonds is 9. The zero-order chi connectivity index (χ0) is 20.0. The van der Waals surface area contributed by atoms with Crippen molar-refractivity contribution in [3.63, 3.8) is 0 Å². The molecule has 2 rings (SSSR count). The first-order chi connectivity index (χ1) is 12.8. The Kier molecular flexibility index (Phi) is 6.93. The van der Waals surface area contributed by atoms with Gasteiger partial charge in [-0.1, -0.05) is 45.1 Å². The molecule has 1 heterocycles. The van der Waals surface area contributed by atoms with Crippen molar-refractivity contribution in [3.8, 4) is 0 Å². The van der Waals surface area contributed by atoms with Crippen LogP contribution in [0, 0.1) is 12.7 Å². The van der Waals surface area contributed by atoms with E-state index in [4.69, 9.17) is 0 Å².